The van der Waals surface area contributed by atoms with Gasteiger partial charge in [-0.2, -0.15) is 0 Å². The SMILES string of the molecule is COc1cc(C)c(S(=O)(=O)NC(CN)C2CC2)cc1C.Cl. The van der Waals surface area contributed by atoms with E-state index in [2.05, 4.69) is 4.72 Å². The van der Waals surface area contributed by atoms with Gasteiger partial charge in [0.1, 0.15) is 5.75 Å². The van der Waals surface area contributed by atoms with E-state index in [1.807, 2.05) is 6.92 Å². The number of methoxy groups -OCH3 is 1. The lowest BCUT2D eigenvalue weighted by molar-refractivity contribution is 0.411. The van der Waals surface area contributed by atoms with Crippen molar-refractivity contribution in [2.45, 2.75) is 37.6 Å². The standard InChI is InChI=1S/C14H22N2O3S.ClH/c1-9-7-14(10(2)6-13(9)19-3)20(17,18)16-12(8-15)11-4-5-11;/h6-7,11-12,16H,4-5,8,15H2,1-3H3;1H. The number of halogens is 1. The molecule has 1 aliphatic carbocycles. The Kier molecular flexibility index (Phi) is 6.04. The molecule has 1 atom stereocenters. The van der Waals surface area contributed by atoms with E-state index in [0.29, 0.717) is 28.7 Å². The maximum Gasteiger partial charge on any atom is 0.241 e. The molecule has 0 amide bonds. The normalized spacial score (nSPS) is 16.2. The van der Waals surface area contributed by atoms with E-state index in [1.165, 1.54) is 0 Å². The third kappa shape index (κ3) is 4.10. The quantitative estimate of drug-likeness (QED) is 0.830. The van der Waals surface area contributed by atoms with Crippen LogP contribution in [0, 0.1) is 19.8 Å². The molecule has 0 radical (unpaired) electrons. The zero-order valence-corrected chi connectivity index (χ0v) is 14.2. The summed E-state index contributed by atoms with van der Waals surface area (Å²) in [5.41, 5.74) is 7.14. The molecule has 21 heavy (non-hydrogen) atoms. The van der Waals surface area contributed by atoms with Crippen LogP contribution in [0.1, 0.15) is 24.0 Å². The lowest BCUT2D eigenvalue weighted by Crippen LogP contribution is -2.41. The molecule has 1 aliphatic rings. The maximum atomic E-state index is 12.5. The number of benzene rings is 1. The summed E-state index contributed by atoms with van der Waals surface area (Å²) in [6.45, 7) is 3.93. The molecule has 0 aliphatic heterocycles. The van der Waals surface area contributed by atoms with E-state index >= 15 is 0 Å². The molecule has 1 unspecified atom stereocenters. The van der Waals surface area contributed by atoms with E-state index in [-0.39, 0.29) is 18.4 Å². The fraction of sp³-hybridized carbons (Fsp3) is 0.571. The van der Waals surface area contributed by atoms with E-state index in [4.69, 9.17) is 10.5 Å². The van der Waals surface area contributed by atoms with E-state index in [0.717, 1.165) is 18.4 Å². The van der Waals surface area contributed by atoms with Crippen LogP contribution in [-0.4, -0.2) is 28.1 Å². The minimum atomic E-state index is -3.54. The second-order valence-electron chi connectivity index (χ2n) is 5.39. The van der Waals surface area contributed by atoms with Gasteiger partial charge >= 0.3 is 0 Å². The topological polar surface area (TPSA) is 81.4 Å². The number of rotatable bonds is 6. The van der Waals surface area contributed by atoms with Crippen molar-refractivity contribution in [2.24, 2.45) is 11.7 Å². The first-order chi connectivity index (χ1) is 9.39. The molecule has 3 N–H and O–H groups in total. The summed E-state index contributed by atoms with van der Waals surface area (Å²) in [5, 5.41) is 0. The zero-order chi connectivity index (χ0) is 14.9. The second-order valence-corrected chi connectivity index (χ2v) is 7.07. The average molecular weight is 335 g/mol. The fourth-order valence-electron chi connectivity index (χ4n) is 2.37. The predicted molar refractivity (Wildman–Crippen MR) is 85.6 cm³/mol. The first-order valence-electron chi connectivity index (χ1n) is 6.76. The van der Waals surface area contributed by atoms with Gasteiger partial charge < -0.3 is 10.5 Å². The Morgan fingerprint density at radius 2 is 1.95 bits per heavy atom. The number of aryl methyl sites for hydroxylation is 2. The number of nitrogens with one attached hydrogen (secondary N) is 1. The molecule has 0 aromatic heterocycles. The minimum Gasteiger partial charge on any atom is -0.496 e. The van der Waals surface area contributed by atoms with E-state index < -0.39 is 10.0 Å². The van der Waals surface area contributed by atoms with Crippen molar-refractivity contribution in [3.8, 4) is 5.75 Å². The molecule has 1 aromatic carbocycles. The predicted octanol–water partition coefficient (Wildman–Crippen LogP) is 1.75. The summed E-state index contributed by atoms with van der Waals surface area (Å²) >= 11 is 0. The van der Waals surface area contributed by atoms with Gasteiger partial charge in [0.05, 0.1) is 12.0 Å². The van der Waals surface area contributed by atoms with Gasteiger partial charge in [0.15, 0.2) is 0 Å². The van der Waals surface area contributed by atoms with Gasteiger partial charge in [-0.3, -0.25) is 0 Å². The molecule has 0 heterocycles. The molecule has 1 fully saturated rings. The number of hydrogen-bond acceptors (Lipinski definition) is 4. The van der Waals surface area contributed by atoms with Crippen molar-refractivity contribution >= 4 is 22.4 Å². The molecular formula is C14H23ClN2O3S. The highest BCUT2D eigenvalue weighted by atomic mass is 35.5. The first kappa shape index (κ1) is 18.2. The Labute approximate surface area is 132 Å². The Bertz CT molecular complexity index is 600. The molecule has 0 bridgehead atoms. The monoisotopic (exact) mass is 334 g/mol. The summed E-state index contributed by atoms with van der Waals surface area (Å²) in [7, 11) is -1.97. The number of sulfonamides is 1. The van der Waals surface area contributed by atoms with E-state index in [9.17, 15) is 8.42 Å². The van der Waals surface area contributed by atoms with Crippen molar-refractivity contribution < 1.29 is 13.2 Å². The van der Waals surface area contributed by atoms with Crippen LogP contribution < -0.4 is 15.2 Å². The highest BCUT2D eigenvalue weighted by Gasteiger charge is 2.33. The van der Waals surface area contributed by atoms with Gasteiger partial charge in [-0.15, -0.1) is 12.4 Å². The number of ether oxygens (including phenoxy) is 1. The van der Waals surface area contributed by atoms with Crippen molar-refractivity contribution in [1.29, 1.82) is 0 Å². The lowest BCUT2D eigenvalue weighted by atomic mass is 10.1. The highest BCUT2D eigenvalue weighted by Crippen LogP contribution is 2.33. The molecular weight excluding hydrogens is 312 g/mol. The number of nitrogens with two attached hydrogens (primary N) is 1. The van der Waals surface area contributed by atoms with Crippen molar-refractivity contribution in [2.75, 3.05) is 13.7 Å². The van der Waals surface area contributed by atoms with Gasteiger partial charge in [0.25, 0.3) is 0 Å². The van der Waals surface area contributed by atoms with Gasteiger partial charge in [-0.05, 0) is 55.9 Å². The summed E-state index contributed by atoms with van der Waals surface area (Å²) in [6, 6.07) is 3.23. The van der Waals surface area contributed by atoms with Crippen LogP contribution in [0.5, 0.6) is 5.75 Å². The minimum absolute atomic E-state index is 0. The Hall–Kier alpha value is -0.820. The van der Waals surface area contributed by atoms with Crippen molar-refractivity contribution in [3.63, 3.8) is 0 Å². The summed E-state index contributed by atoms with van der Waals surface area (Å²) in [5.74, 6) is 1.08. The third-order valence-corrected chi connectivity index (χ3v) is 5.37. The van der Waals surface area contributed by atoms with Gasteiger partial charge in [-0.25, -0.2) is 13.1 Å². The molecule has 1 aromatic rings. The summed E-state index contributed by atoms with van der Waals surface area (Å²) in [4.78, 5) is 0.301. The van der Waals surface area contributed by atoms with Crippen molar-refractivity contribution in [3.05, 3.63) is 23.3 Å². The molecule has 0 saturated heterocycles. The average Bonchev–Trinajstić information content (AvgIpc) is 3.22. The van der Waals surface area contributed by atoms with Crippen LogP contribution >= 0.6 is 12.4 Å². The third-order valence-electron chi connectivity index (χ3n) is 3.73. The second kappa shape index (κ2) is 6.96. The maximum absolute atomic E-state index is 12.5. The smallest absolute Gasteiger partial charge is 0.241 e. The van der Waals surface area contributed by atoms with Crippen LogP contribution in [0.3, 0.4) is 0 Å². The summed E-state index contributed by atoms with van der Waals surface area (Å²) < 4.78 is 32.9. The van der Waals surface area contributed by atoms with Gasteiger partial charge in [0.2, 0.25) is 10.0 Å². The Morgan fingerprint density at radius 1 is 1.33 bits per heavy atom. The molecule has 5 nitrogen and oxygen atoms in total. The van der Waals surface area contributed by atoms with Crippen LogP contribution in [0.2, 0.25) is 0 Å². The fourth-order valence-corrected chi connectivity index (χ4v) is 4.00. The Balaban J connectivity index is 0.00000220. The first-order valence-corrected chi connectivity index (χ1v) is 8.25. The van der Waals surface area contributed by atoms with Crippen LogP contribution in [0.25, 0.3) is 0 Å². The van der Waals surface area contributed by atoms with Crippen LogP contribution in [0.4, 0.5) is 0 Å². The molecule has 120 valence electrons. The van der Waals surface area contributed by atoms with E-state index in [1.54, 1.807) is 26.2 Å². The van der Waals surface area contributed by atoms with Crippen LogP contribution in [-0.2, 0) is 10.0 Å². The zero-order valence-electron chi connectivity index (χ0n) is 12.5. The highest BCUT2D eigenvalue weighted by molar-refractivity contribution is 7.89. The molecule has 1 saturated carbocycles. The Morgan fingerprint density at radius 3 is 2.43 bits per heavy atom. The van der Waals surface area contributed by atoms with Gasteiger partial charge in [-0.1, -0.05) is 0 Å². The molecule has 7 heteroatoms. The van der Waals surface area contributed by atoms with Gasteiger partial charge in [0, 0.05) is 12.6 Å². The summed E-state index contributed by atoms with van der Waals surface area (Å²) in [6.07, 6.45) is 2.09. The molecule has 2 rings (SSSR count). The number of hydrogen-bond donors (Lipinski definition) is 2. The van der Waals surface area contributed by atoms with Crippen LogP contribution in [0.15, 0.2) is 17.0 Å². The largest absolute Gasteiger partial charge is 0.496 e. The van der Waals surface area contributed by atoms with Crippen molar-refractivity contribution in [1.82, 2.24) is 4.72 Å². The molecule has 0 spiro atoms. The lowest BCUT2D eigenvalue weighted by Gasteiger charge is -2.18.